The normalized spacial score (nSPS) is 12.5. The molecule has 0 bridgehead atoms. The summed E-state index contributed by atoms with van der Waals surface area (Å²) in [7, 11) is 0. The van der Waals surface area contributed by atoms with Gasteiger partial charge in [0.25, 0.3) is 11.6 Å². The summed E-state index contributed by atoms with van der Waals surface area (Å²) in [5.41, 5.74) is 5.44. The molecule has 14 nitrogen and oxygen atoms in total. The van der Waals surface area contributed by atoms with E-state index < -0.39 is 24.4 Å². The number of anilines is 1. The number of rotatable bonds is 4. The number of halogens is 12. The first-order valence-electron chi connectivity index (χ1n) is 13.8. The Hall–Kier alpha value is -3.66. The van der Waals surface area contributed by atoms with Gasteiger partial charge in [-0.1, -0.05) is 65.4 Å². The number of nitrogens with two attached hydrogens (primary N) is 1. The van der Waals surface area contributed by atoms with Crippen LogP contribution < -0.4 is 23.5 Å². The summed E-state index contributed by atoms with van der Waals surface area (Å²) in [6.45, 7) is 5.18. The molecule has 53 heavy (non-hydrogen) atoms. The lowest BCUT2D eigenvalue weighted by Crippen LogP contribution is -3.00. The van der Waals surface area contributed by atoms with Gasteiger partial charge in [0.15, 0.2) is 0 Å². The Kier molecular flexibility index (Phi) is 15.5. The highest BCUT2D eigenvalue weighted by molar-refractivity contribution is 6.40. The van der Waals surface area contributed by atoms with E-state index in [0.717, 1.165) is 18.4 Å². The average Bonchev–Trinajstić information content (AvgIpc) is 3.59. The van der Waals surface area contributed by atoms with Crippen LogP contribution >= 0.6 is 58.0 Å². The highest BCUT2D eigenvalue weighted by atomic mass is 35.5. The zero-order valence-electron chi connectivity index (χ0n) is 26.4. The van der Waals surface area contributed by atoms with Crippen LogP contribution in [0.25, 0.3) is 34.1 Å². The summed E-state index contributed by atoms with van der Waals surface area (Å²) < 4.78 is 74.8. The predicted octanol–water partition coefficient (Wildman–Crippen LogP) is 4.95. The fourth-order valence-corrected chi connectivity index (χ4v) is 4.98. The summed E-state index contributed by atoms with van der Waals surface area (Å²) in [4.78, 5) is 32.0. The van der Waals surface area contributed by atoms with Crippen LogP contribution in [-0.4, -0.2) is 83.5 Å². The van der Waals surface area contributed by atoms with Gasteiger partial charge in [-0.05, 0) is 27.7 Å². The third-order valence-electron chi connectivity index (χ3n) is 6.21. The summed E-state index contributed by atoms with van der Waals surface area (Å²) in [6, 6.07) is -3.59. The topological polar surface area (TPSA) is 176 Å². The maximum Gasteiger partial charge on any atom is 0.408 e. The molecule has 0 radical (unpaired) electrons. The van der Waals surface area contributed by atoms with Crippen LogP contribution in [0.4, 0.5) is 32.2 Å². The lowest BCUT2D eigenvalue weighted by molar-refractivity contribution is -0.143. The molecule has 6 aromatic rings. The maximum absolute atomic E-state index is 13.0. The molecule has 0 saturated heterocycles. The van der Waals surface area contributed by atoms with Gasteiger partial charge in [0.05, 0.1) is 38.6 Å². The second kappa shape index (κ2) is 18.1. The Labute approximate surface area is 327 Å². The fourth-order valence-electron chi connectivity index (χ4n) is 3.73. The van der Waals surface area contributed by atoms with Crippen molar-refractivity contribution in [3.63, 3.8) is 0 Å². The molecule has 0 aliphatic carbocycles. The number of hydrogen-bond acceptors (Lipinski definition) is 12. The predicted molar refractivity (Wildman–Crippen MR) is 184 cm³/mol. The minimum Gasteiger partial charge on any atom is -1.00 e. The van der Waals surface area contributed by atoms with Crippen molar-refractivity contribution in [2.45, 2.75) is 59.6 Å². The number of fused-ring (bicyclic) bond motifs is 2. The van der Waals surface area contributed by atoms with Crippen molar-refractivity contribution in [1.82, 2.24) is 59.1 Å². The number of alkyl halides is 6. The van der Waals surface area contributed by atoms with E-state index in [2.05, 4.69) is 61.1 Å². The number of nitrogens with zero attached hydrogens (tertiary/aromatic N) is 12. The number of hydrogen-bond donors (Lipinski definition) is 2. The molecular weight excluding hydrogens is 847 g/mol. The average molecular weight is 872 g/mol. The molecule has 0 aliphatic heterocycles. The second-order valence-electron chi connectivity index (χ2n) is 10.1. The van der Waals surface area contributed by atoms with Gasteiger partial charge < -0.3 is 23.5 Å². The van der Waals surface area contributed by atoms with Gasteiger partial charge in [-0.2, -0.15) is 55.3 Å². The Morgan fingerprint density at radius 2 is 1.11 bits per heavy atom. The largest absolute Gasteiger partial charge is 1.00 e. The van der Waals surface area contributed by atoms with Gasteiger partial charge in [0, 0.05) is 12.4 Å². The van der Waals surface area contributed by atoms with E-state index in [1.807, 2.05) is 0 Å². The molecule has 3 N–H and O–H groups in total. The maximum atomic E-state index is 13.0. The second-order valence-corrected chi connectivity index (χ2v) is 12.0. The Morgan fingerprint density at radius 1 is 0.698 bits per heavy atom. The van der Waals surface area contributed by atoms with Crippen LogP contribution in [0.15, 0.2) is 25.0 Å². The molecule has 2 atom stereocenters. The minimum atomic E-state index is -4.50. The van der Waals surface area contributed by atoms with E-state index in [0.29, 0.717) is 33.7 Å². The van der Waals surface area contributed by atoms with Crippen molar-refractivity contribution in [2.24, 2.45) is 5.73 Å². The molecule has 0 aromatic carbocycles. The monoisotopic (exact) mass is 869 g/mol. The highest BCUT2D eigenvalue weighted by Gasteiger charge is 2.37. The summed E-state index contributed by atoms with van der Waals surface area (Å²) in [5.74, 6) is 1.16. The first kappa shape index (κ1) is 45.5. The fraction of sp³-hybridized carbons (Fsp3) is 0.333. The Bertz CT molecular complexity index is 2180. The molecule has 0 spiro atoms. The quantitative estimate of drug-likeness (QED) is 0.181. The molecule has 0 saturated carbocycles. The molecule has 6 rings (SSSR count). The van der Waals surface area contributed by atoms with Crippen molar-refractivity contribution in [3.05, 3.63) is 62.2 Å². The first-order chi connectivity index (χ1) is 23.7. The smallest absolute Gasteiger partial charge is 0.408 e. The Morgan fingerprint density at radius 3 is 1.55 bits per heavy atom. The van der Waals surface area contributed by atoms with E-state index >= 15 is 0 Å². The van der Waals surface area contributed by atoms with Gasteiger partial charge in [-0.15, -0.1) is 10.2 Å². The van der Waals surface area contributed by atoms with Crippen molar-refractivity contribution in [3.8, 4) is 22.5 Å². The summed E-state index contributed by atoms with van der Waals surface area (Å²) >= 11 is 30.7. The number of aromatic nitrogens is 12. The van der Waals surface area contributed by atoms with Gasteiger partial charge in [-0.3, -0.25) is 0 Å². The van der Waals surface area contributed by atoms with E-state index in [9.17, 15) is 26.3 Å². The summed E-state index contributed by atoms with van der Waals surface area (Å²) in [5, 5.41) is 11.3. The van der Waals surface area contributed by atoms with E-state index in [1.165, 1.54) is 29.6 Å². The third-order valence-corrected chi connectivity index (χ3v) is 7.66. The minimum absolute atomic E-state index is 0. The van der Waals surface area contributed by atoms with Crippen molar-refractivity contribution in [1.29, 1.82) is 0 Å². The van der Waals surface area contributed by atoms with Gasteiger partial charge in [0.2, 0.25) is 0 Å². The lowest BCUT2D eigenvalue weighted by atomic mass is 10.2. The zero-order valence-corrected chi connectivity index (χ0v) is 31.0. The molecule has 288 valence electrons. The SMILES string of the molecule is C.CC(N)C(F)(F)F.Cc1nc2nc(Cl)c(-c3ncncc3Cl)c(Cl)n2n1.Cc1nc2nc(Cl)c(-c3ncncc3Cl)c(NC(C)C(F)(F)F)n2n1.[Cl-]. The molecule has 0 aliphatic rings. The summed E-state index contributed by atoms with van der Waals surface area (Å²) in [6.07, 6.45) is -3.41. The molecule has 26 heteroatoms. The van der Waals surface area contributed by atoms with Crippen LogP contribution in [0.3, 0.4) is 0 Å². The van der Waals surface area contributed by atoms with Crippen LogP contribution in [0.2, 0.25) is 25.5 Å². The molecule has 6 aromatic heterocycles. The van der Waals surface area contributed by atoms with Crippen molar-refractivity contribution >= 4 is 75.4 Å². The van der Waals surface area contributed by atoms with Gasteiger partial charge in [0.1, 0.15) is 51.6 Å². The van der Waals surface area contributed by atoms with Crippen molar-refractivity contribution in [2.75, 3.05) is 5.32 Å². The molecule has 0 amide bonds. The lowest BCUT2D eigenvalue weighted by Gasteiger charge is -2.21. The van der Waals surface area contributed by atoms with Crippen LogP contribution in [0.5, 0.6) is 0 Å². The molecule has 2 unspecified atom stereocenters. The van der Waals surface area contributed by atoms with Crippen LogP contribution in [-0.2, 0) is 0 Å². The third kappa shape index (κ3) is 10.7. The van der Waals surface area contributed by atoms with Crippen molar-refractivity contribution < 1.29 is 38.7 Å². The number of aryl methyl sites for hydroxylation is 2. The molecular formula is C27H25Cl6F6N14-. The zero-order chi connectivity index (χ0) is 38.0. The van der Waals surface area contributed by atoms with Crippen LogP contribution in [0.1, 0.15) is 32.9 Å². The Balaban J connectivity index is 0.000000308. The van der Waals surface area contributed by atoms with Gasteiger partial charge in [-0.25, -0.2) is 19.9 Å². The van der Waals surface area contributed by atoms with Crippen LogP contribution in [0, 0.1) is 13.8 Å². The molecule has 6 heterocycles. The van der Waals surface area contributed by atoms with Gasteiger partial charge >= 0.3 is 12.4 Å². The van der Waals surface area contributed by atoms with E-state index in [4.69, 9.17) is 58.0 Å². The standard InChI is InChI=1S/C13H10Cl2F3N7.C10H5Cl3N6.C3H6F3N.CH4.ClH/c1-5(13(16,17)18)21-11-8(9-7(14)3-19-4-20-9)10(15)23-12-22-6(2)24-25(11)12;1-4-16-10-17-8(12)6(9(13)19(10)18-4)7-5(11)2-14-3-15-7;1-2(7)3(4,5)6;;/h3-5,21H,1-2H3;2-3H,1H3;2H,7H2,1H3;1H4;1H/p-1. The first-order valence-corrected chi connectivity index (χ1v) is 15.7. The molecule has 0 fully saturated rings. The van der Waals surface area contributed by atoms with E-state index in [-0.39, 0.29) is 63.2 Å². The highest BCUT2D eigenvalue weighted by Crippen LogP contribution is 2.38. The van der Waals surface area contributed by atoms with E-state index in [1.54, 1.807) is 13.8 Å². The number of nitrogens with one attached hydrogen (secondary N) is 1.